The van der Waals surface area contributed by atoms with E-state index >= 15 is 0 Å². The lowest BCUT2D eigenvalue weighted by atomic mass is 10.3. The zero-order valence-electron chi connectivity index (χ0n) is 6.92. The molecule has 0 spiro atoms. The van der Waals surface area contributed by atoms with Crippen molar-refractivity contribution in [3.05, 3.63) is 45.4 Å². The highest BCUT2D eigenvalue weighted by molar-refractivity contribution is 9.10. The Morgan fingerprint density at radius 3 is 2.64 bits per heavy atom. The van der Waals surface area contributed by atoms with Crippen LogP contribution in [0.2, 0.25) is 0 Å². The number of rotatable bonds is 1. The number of aromatic nitrogens is 2. The lowest BCUT2D eigenvalue weighted by molar-refractivity contribution is 0.626. The molecule has 5 heteroatoms. The van der Waals surface area contributed by atoms with Gasteiger partial charge in [-0.15, -0.1) is 0 Å². The van der Waals surface area contributed by atoms with Crippen LogP contribution in [0, 0.1) is 5.82 Å². The van der Waals surface area contributed by atoms with Gasteiger partial charge >= 0.3 is 0 Å². The van der Waals surface area contributed by atoms with Crippen LogP contribution >= 0.6 is 31.9 Å². The summed E-state index contributed by atoms with van der Waals surface area (Å²) in [7, 11) is 0. The molecule has 0 aliphatic heterocycles. The van der Waals surface area contributed by atoms with Crippen molar-refractivity contribution in [2.75, 3.05) is 0 Å². The number of benzene rings is 1. The lowest BCUT2D eigenvalue weighted by Gasteiger charge is -2.03. The Bertz CT molecular complexity index is 468. The summed E-state index contributed by atoms with van der Waals surface area (Å²) < 4.78 is 16.0. The molecule has 72 valence electrons. The second-order valence-corrected chi connectivity index (χ2v) is 4.47. The van der Waals surface area contributed by atoms with E-state index in [1.807, 2.05) is 0 Å². The standard InChI is InChI=1S/C9H5Br2FN2/c10-6-4-13-14(5-6)9-2-1-7(12)3-8(9)11/h1-5H. The van der Waals surface area contributed by atoms with Crippen molar-refractivity contribution >= 4 is 31.9 Å². The number of hydrogen-bond donors (Lipinski definition) is 0. The summed E-state index contributed by atoms with van der Waals surface area (Å²) in [6.45, 7) is 0. The summed E-state index contributed by atoms with van der Waals surface area (Å²) in [5.41, 5.74) is 0.803. The molecule has 2 aromatic rings. The first-order valence-corrected chi connectivity index (χ1v) is 5.41. The van der Waals surface area contributed by atoms with Gasteiger partial charge in [-0.2, -0.15) is 5.10 Å². The third-order valence-electron chi connectivity index (χ3n) is 1.71. The van der Waals surface area contributed by atoms with Gasteiger partial charge in [0, 0.05) is 10.7 Å². The average molecular weight is 320 g/mol. The molecule has 0 aliphatic rings. The molecule has 1 aromatic heterocycles. The fourth-order valence-corrected chi connectivity index (χ4v) is 1.92. The van der Waals surface area contributed by atoms with E-state index in [1.165, 1.54) is 12.1 Å². The third kappa shape index (κ3) is 1.88. The molecule has 14 heavy (non-hydrogen) atoms. The van der Waals surface area contributed by atoms with Crippen LogP contribution in [-0.2, 0) is 0 Å². The second kappa shape index (κ2) is 3.82. The molecule has 2 rings (SSSR count). The molecule has 0 amide bonds. The molecule has 0 N–H and O–H groups in total. The maximum Gasteiger partial charge on any atom is 0.124 e. The van der Waals surface area contributed by atoms with E-state index in [9.17, 15) is 4.39 Å². The van der Waals surface area contributed by atoms with Crippen LogP contribution in [0.3, 0.4) is 0 Å². The van der Waals surface area contributed by atoms with E-state index in [0.717, 1.165) is 10.2 Å². The van der Waals surface area contributed by atoms with Crippen molar-refractivity contribution in [1.82, 2.24) is 9.78 Å². The van der Waals surface area contributed by atoms with E-state index < -0.39 is 0 Å². The third-order valence-corrected chi connectivity index (χ3v) is 2.75. The summed E-state index contributed by atoms with van der Waals surface area (Å²) in [6.07, 6.45) is 3.48. The van der Waals surface area contributed by atoms with Crippen molar-refractivity contribution in [3.63, 3.8) is 0 Å². The Morgan fingerprint density at radius 2 is 2.07 bits per heavy atom. The summed E-state index contributed by atoms with van der Waals surface area (Å²) in [4.78, 5) is 0. The Morgan fingerprint density at radius 1 is 1.29 bits per heavy atom. The average Bonchev–Trinajstić information content (AvgIpc) is 2.51. The van der Waals surface area contributed by atoms with Gasteiger partial charge in [-0.05, 0) is 50.1 Å². The van der Waals surface area contributed by atoms with Crippen LogP contribution in [0.1, 0.15) is 0 Å². The van der Waals surface area contributed by atoms with Gasteiger partial charge in [-0.25, -0.2) is 9.07 Å². The van der Waals surface area contributed by atoms with E-state index in [2.05, 4.69) is 37.0 Å². The highest BCUT2D eigenvalue weighted by Gasteiger charge is 2.04. The van der Waals surface area contributed by atoms with Gasteiger partial charge in [-0.3, -0.25) is 0 Å². The molecule has 0 atom stereocenters. The molecule has 0 bridgehead atoms. The van der Waals surface area contributed by atoms with Crippen LogP contribution in [0.5, 0.6) is 0 Å². The summed E-state index contributed by atoms with van der Waals surface area (Å²) in [5, 5.41) is 4.09. The van der Waals surface area contributed by atoms with Gasteiger partial charge in [0.1, 0.15) is 5.82 Å². The molecular weight excluding hydrogens is 315 g/mol. The first-order chi connectivity index (χ1) is 6.66. The van der Waals surface area contributed by atoms with E-state index in [4.69, 9.17) is 0 Å². The molecule has 1 aromatic carbocycles. The highest BCUT2D eigenvalue weighted by Crippen LogP contribution is 2.22. The summed E-state index contributed by atoms with van der Waals surface area (Å²) >= 11 is 6.57. The molecule has 1 heterocycles. The van der Waals surface area contributed by atoms with Crippen LogP contribution in [0.15, 0.2) is 39.5 Å². The zero-order valence-corrected chi connectivity index (χ0v) is 10.1. The quantitative estimate of drug-likeness (QED) is 0.786. The fourth-order valence-electron chi connectivity index (χ4n) is 1.10. The first-order valence-electron chi connectivity index (χ1n) is 3.82. The summed E-state index contributed by atoms with van der Waals surface area (Å²) in [6, 6.07) is 4.47. The Balaban J connectivity index is 2.52. The van der Waals surface area contributed by atoms with Gasteiger partial charge in [0.05, 0.1) is 16.4 Å². The van der Waals surface area contributed by atoms with E-state index in [1.54, 1.807) is 23.1 Å². The van der Waals surface area contributed by atoms with Gasteiger partial charge in [0.15, 0.2) is 0 Å². The van der Waals surface area contributed by atoms with Crippen LogP contribution in [-0.4, -0.2) is 9.78 Å². The Kier molecular flexibility index (Phi) is 2.69. The Hall–Kier alpha value is -0.680. The zero-order chi connectivity index (χ0) is 10.1. The van der Waals surface area contributed by atoms with Crippen molar-refractivity contribution in [2.45, 2.75) is 0 Å². The predicted molar refractivity (Wildman–Crippen MR) is 58.9 cm³/mol. The molecule has 0 aliphatic carbocycles. The molecule has 0 saturated heterocycles. The fraction of sp³-hybridized carbons (Fsp3) is 0. The molecule has 0 radical (unpaired) electrons. The smallest absolute Gasteiger partial charge is 0.124 e. The van der Waals surface area contributed by atoms with Gasteiger partial charge in [0.25, 0.3) is 0 Å². The molecule has 0 fully saturated rings. The van der Waals surface area contributed by atoms with Gasteiger partial charge in [-0.1, -0.05) is 0 Å². The van der Waals surface area contributed by atoms with Crippen molar-refractivity contribution in [3.8, 4) is 5.69 Å². The van der Waals surface area contributed by atoms with Gasteiger partial charge in [0.2, 0.25) is 0 Å². The normalized spacial score (nSPS) is 10.5. The maximum absolute atomic E-state index is 12.8. The van der Waals surface area contributed by atoms with Crippen LogP contribution in [0.25, 0.3) is 5.69 Å². The van der Waals surface area contributed by atoms with Crippen molar-refractivity contribution < 1.29 is 4.39 Å². The first kappa shape index (κ1) is 9.86. The minimum Gasteiger partial charge on any atom is -0.239 e. The summed E-state index contributed by atoms with van der Waals surface area (Å²) in [5.74, 6) is -0.271. The number of hydrogen-bond acceptors (Lipinski definition) is 1. The molecule has 2 nitrogen and oxygen atoms in total. The molecular formula is C9H5Br2FN2. The lowest BCUT2D eigenvalue weighted by Crippen LogP contribution is -1.95. The van der Waals surface area contributed by atoms with Crippen molar-refractivity contribution in [2.24, 2.45) is 0 Å². The van der Waals surface area contributed by atoms with E-state index in [-0.39, 0.29) is 5.82 Å². The second-order valence-electron chi connectivity index (χ2n) is 2.70. The monoisotopic (exact) mass is 318 g/mol. The predicted octanol–water partition coefficient (Wildman–Crippen LogP) is 3.54. The van der Waals surface area contributed by atoms with Crippen molar-refractivity contribution in [1.29, 1.82) is 0 Å². The SMILES string of the molecule is Fc1ccc(-n2cc(Br)cn2)c(Br)c1. The molecule has 0 saturated carbocycles. The molecule has 0 unspecified atom stereocenters. The van der Waals surface area contributed by atoms with Crippen LogP contribution < -0.4 is 0 Å². The minimum atomic E-state index is -0.271. The largest absolute Gasteiger partial charge is 0.239 e. The Labute approximate surface area is 97.0 Å². The number of nitrogens with zero attached hydrogens (tertiary/aromatic N) is 2. The van der Waals surface area contributed by atoms with Crippen LogP contribution in [0.4, 0.5) is 4.39 Å². The minimum absolute atomic E-state index is 0.271. The van der Waals surface area contributed by atoms with Gasteiger partial charge < -0.3 is 0 Å². The number of halogens is 3. The van der Waals surface area contributed by atoms with E-state index in [0.29, 0.717) is 4.47 Å². The highest BCUT2D eigenvalue weighted by atomic mass is 79.9. The topological polar surface area (TPSA) is 17.8 Å². The maximum atomic E-state index is 12.8.